The number of benzene rings is 2. The van der Waals surface area contributed by atoms with Gasteiger partial charge in [0.05, 0.1) is 31.6 Å². The van der Waals surface area contributed by atoms with Gasteiger partial charge in [0.15, 0.2) is 11.0 Å². The molecule has 0 aliphatic carbocycles. The first-order valence-electron chi connectivity index (χ1n) is 11.1. The maximum atomic E-state index is 12.5. The molecule has 10 nitrogen and oxygen atoms in total. The minimum Gasteiger partial charge on any atom is -0.497 e. The van der Waals surface area contributed by atoms with Crippen LogP contribution in [0.4, 0.5) is 5.69 Å². The fourth-order valence-electron chi connectivity index (χ4n) is 3.10. The van der Waals surface area contributed by atoms with Crippen molar-refractivity contribution in [2.45, 2.75) is 25.2 Å². The van der Waals surface area contributed by atoms with E-state index in [4.69, 9.17) is 9.47 Å². The van der Waals surface area contributed by atoms with Crippen molar-refractivity contribution in [3.8, 4) is 5.75 Å². The summed E-state index contributed by atoms with van der Waals surface area (Å²) in [6, 6.07) is 13.2. The molecule has 36 heavy (non-hydrogen) atoms. The second-order valence-corrected chi connectivity index (χ2v) is 8.29. The molecule has 11 heteroatoms. The van der Waals surface area contributed by atoms with Crippen LogP contribution in [0.2, 0.25) is 0 Å². The van der Waals surface area contributed by atoms with Crippen LogP contribution in [-0.2, 0) is 22.6 Å². The summed E-state index contributed by atoms with van der Waals surface area (Å²) in [6.07, 6.45) is 1.69. The third kappa shape index (κ3) is 7.19. The van der Waals surface area contributed by atoms with Crippen molar-refractivity contribution in [1.82, 2.24) is 20.1 Å². The van der Waals surface area contributed by atoms with E-state index < -0.39 is 5.97 Å². The fraction of sp³-hybridized carbons (Fsp3) is 0.240. The van der Waals surface area contributed by atoms with Gasteiger partial charge in [-0.3, -0.25) is 9.59 Å². The standard InChI is InChI=1S/C25H27N5O5S/c1-4-14-30-21(15-26-23(32)17-8-12-20(34-3)13-9-17)28-29-25(30)36-16-22(31)27-19-10-6-18(7-11-19)24(33)35-5-2/h4,6-13H,1,5,14-16H2,2-3H3,(H,26,32)(H,27,31). The number of methoxy groups -OCH3 is 1. The maximum Gasteiger partial charge on any atom is 0.338 e. The lowest BCUT2D eigenvalue weighted by atomic mass is 10.2. The van der Waals surface area contributed by atoms with Crippen molar-refractivity contribution in [3.05, 3.63) is 78.1 Å². The average Bonchev–Trinajstić information content (AvgIpc) is 3.28. The van der Waals surface area contributed by atoms with E-state index in [1.807, 2.05) is 0 Å². The third-order valence-electron chi connectivity index (χ3n) is 4.88. The number of anilines is 1. The minimum absolute atomic E-state index is 0.0904. The molecule has 0 atom stereocenters. The zero-order chi connectivity index (χ0) is 25.9. The van der Waals surface area contributed by atoms with Crippen LogP contribution >= 0.6 is 11.8 Å². The second kappa shape index (κ2) is 13.1. The lowest BCUT2D eigenvalue weighted by molar-refractivity contribution is -0.113. The molecular formula is C25H27N5O5S. The number of hydrogen-bond donors (Lipinski definition) is 2. The van der Waals surface area contributed by atoms with Gasteiger partial charge in [0.2, 0.25) is 5.91 Å². The largest absolute Gasteiger partial charge is 0.497 e. The van der Waals surface area contributed by atoms with Gasteiger partial charge in [-0.25, -0.2) is 4.79 Å². The first-order chi connectivity index (χ1) is 17.4. The number of hydrogen-bond acceptors (Lipinski definition) is 8. The van der Waals surface area contributed by atoms with Crippen molar-refractivity contribution in [2.75, 3.05) is 24.8 Å². The number of thioether (sulfide) groups is 1. The summed E-state index contributed by atoms with van der Waals surface area (Å²) < 4.78 is 11.8. The van der Waals surface area contributed by atoms with Gasteiger partial charge >= 0.3 is 5.97 Å². The zero-order valence-corrected chi connectivity index (χ0v) is 20.8. The van der Waals surface area contributed by atoms with Crippen LogP contribution in [0.25, 0.3) is 0 Å². The molecule has 0 aliphatic heterocycles. The van der Waals surface area contributed by atoms with Gasteiger partial charge < -0.3 is 24.7 Å². The molecule has 2 aromatic carbocycles. The molecule has 188 valence electrons. The second-order valence-electron chi connectivity index (χ2n) is 7.34. The van der Waals surface area contributed by atoms with E-state index in [0.29, 0.717) is 46.7 Å². The Hall–Kier alpha value is -4.12. The van der Waals surface area contributed by atoms with Crippen molar-refractivity contribution >= 4 is 35.2 Å². The van der Waals surface area contributed by atoms with E-state index in [0.717, 1.165) is 0 Å². The predicted octanol–water partition coefficient (Wildman–Crippen LogP) is 3.31. The van der Waals surface area contributed by atoms with Crippen molar-refractivity contribution in [2.24, 2.45) is 0 Å². The average molecular weight is 510 g/mol. The van der Waals surface area contributed by atoms with E-state index in [1.54, 1.807) is 73.2 Å². The maximum absolute atomic E-state index is 12.5. The van der Waals surface area contributed by atoms with Crippen LogP contribution in [0.3, 0.4) is 0 Å². The van der Waals surface area contributed by atoms with Crippen LogP contribution in [0.15, 0.2) is 66.3 Å². The molecule has 0 unspecified atom stereocenters. The topological polar surface area (TPSA) is 124 Å². The number of ether oxygens (including phenoxy) is 2. The van der Waals surface area contributed by atoms with E-state index in [-0.39, 0.29) is 24.1 Å². The Balaban J connectivity index is 1.56. The molecule has 2 amide bonds. The SMILES string of the molecule is C=CCn1c(CNC(=O)c2ccc(OC)cc2)nnc1SCC(=O)Nc1ccc(C(=O)OCC)cc1. The minimum atomic E-state index is -0.413. The van der Waals surface area contributed by atoms with Gasteiger partial charge in [0.25, 0.3) is 5.91 Å². The molecule has 1 aromatic heterocycles. The highest BCUT2D eigenvalue weighted by Crippen LogP contribution is 2.19. The number of carbonyl (C=O) groups excluding carboxylic acids is 3. The highest BCUT2D eigenvalue weighted by Gasteiger charge is 2.15. The number of allylic oxidation sites excluding steroid dienone is 1. The molecule has 0 saturated carbocycles. The van der Waals surface area contributed by atoms with Crippen molar-refractivity contribution in [1.29, 1.82) is 0 Å². The fourth-order valence-corrected chi connectivity index (χ4v) is 3.87. The predicted molar refractivity (Wildman–Crippen MR) is 136 cm³/mol. The highest BCUT2D eigenvalue weighted by molar-refractivity contribution is 7.99. The molecule has 3 rings (SSSR count). The Labute approximate surface area is 213 Å². The van der Waals surface area contributed by atoms with E-state index in [2.05, 4.69) is 27.4 Å². The molecule has 0 radical (unpaired) electrons. The number of esters is 1. The molecule has 0 spiro atoms. The summed E-state index contributed by atoms with van der Waals surface area (Å²) in [7, 11) is 1.56. The summed E-state index contributed by atoms with van der Waals surface area (Å²) in [6.45, 7) is 6.37. The number of aromatic nitrogens is 3. The van der Waals surface area contributed by atoms with Gasteiger partial charge in [0, 0.05) is 17.8 Å². The summed E-state index contributed by atoms with van der Waals surface area (Å²) >= 11 is 1.21. The molecule has 3 aromatic rings. The quantitative estimate of drug-likeness (QED) is 0.216. The van der Waals surface area contributed by atoms with Crippen LogP contribution < -0.4 is 15.4 Å². The molecule has 0 aliphatic rings. The molecular weight excluding hydrogens is 482 g/mol. The lowest BCUT2D eigenvalue weighted by Crippen LogP contribution is -2.24. The molecule has 0 saturated heterocycles. The zero-order valence-electron chi connectivity index (χ0n) is 20.0. The first kappa shape index (κ1) is 26.5. The Morgan fingerprint density at radius 1 is 1.06 bits per heavy atom. The highest BCUT2D eigenvalue weighted by atomic mass is 32.2. The normalized spacial score (nSPS) is 10.4. The van der Waals surface area contributed by atoms with Crippen molar-refractivity contribution < 1.29 is 23.9 Å². The third-order valence-corrected chi connectivity index (χ3v) is 5.84. The first-order valence-corrected chi connectivity index (χ1v) is 12.1. The molecule has 2 N–H and O–H groups in total. The number of nitrogens with zero attached hydrogens (tertiary/aromatic N) is 3. The van der Waals surface area contributed by atoms with Crippen LogP contribution in [-0.4, -0.2) is 52.0 Å². The van der Waals surface area contributed by atoms with Gasteiger partial charge in [0.1, 0.15) is 5.75 Å². The van der Waals surface area contributed by atoms with Gasteiger partial charge in [-0.2, -0.15) is 0 Å². The smallest absolute Gasteiger partial charge is 0.338 e. The van der Waals surface area contributed by atoms with Crippen LogP contribution in [0.1, 0.15) is 33.5 Å². The summed E-state index contributed by atoms with van der Waals surface area (Å²) in [5, 5.41) is 14.5. The lowest BCUT2D eigenvalue weighted by Gasteiger charge is -2.09. The number of rotatable bonds is 12. The summed E-state index contributed by atoms with van der Waals surface area (Å²) in [5.74, 6) is 0.377. The Kier molecular flexibility index (Phi) is 9.64. The van der Waals surface area contributed by atoms with Gasteiger partial charge in [-0.05, 0) is 55.5 Å². The van der Waals surface area contributed by atoms with Gasteiger partial charge in [-0.15, -0.1) is 16.8 Å². The van der Waals surface area contributed by atoms with E-state index in [1.165, 1.54) is 11.8 Å². The van der Waals surface area contributed by atoms with E-state index in [9.17, 15) is 14.4 Å². The van der Waals surface area contributed by atoms with Crippen molar-refractivity contribution in [3.63, 3.8) is 0 Å². The van der Waals surface area contributed by atoms with E-state index >= 15 is 0 Å². The van der Waals surface area contributed by atoms with Crippen LogP contribution in [0.5, 0.6) is 5.75 Å². The Bertz CT molecular complexity index is 1210. The molecule has 0 bridgehead atoms. The summed E-state index contributed by atoms with van der Waals surface area (Å²) in [4.78, 5) is 36.6. The number of nitrogens with one attached hydrogen (secondary N) is 2. The summed E-state index contributed by atoms with van der Waals surface area (Å²) in [5.41, 5.74) is 1.46. The number of amides is 2. The Morgan fingerprint density at radius 3 is 2.39 bits per heavy atom. The molecule has 0 fully saturated rings. The Morgan fingerprint density at radius 2 is 1.75 bits per heavy atom. The van der Waals surface area contributed by atoms with Crippen LogP contribution in [0, 0.1) is 0 Å². The van der Waals surface area contributed by atoms with Gasteiger partial charge in [-0.1, -0.05) is 17.8 Å². The monoisotopic (exact) mass is 509 g/mol. The number of carbonyl (C=O) groups is 3. The molecule has 1 heterocycles.